The lowest BCUT2D eigenvalue weighted by Crippen LogP contribution is -2.26. The number of benzene rings is 1. The maximum Gasteiger partial charge on any atom is 0.0845 e. The molecule has 2 heteroatoms. The monoisotopic (exact) mass is 250 g/mol. The van der Waals surface area contributed by atoms with Crippen molar-refractivity contribution < 1.29 is 10.2 Å². The molecule has 0 saturated carbocycles. The van der Waals surface area contributed by atoms with Gasteiger partial charge >= 0.3 is 0 Å². The Kier molecular flexibility index (Phi) is 3.68. The molecule has 0 aliphatic rings. The van der Waals surface area contributed by atoms with Gasteiger partial charge in [0.15, 0.2) is 0 Å². The van der Waals surface area contributed by atoms with E-state index >= 15 is 0 Å². The van der Waals surface area contributed by atoms with Crippen molar-refractivity contribution in [3.05, 3.63) is 33.4 Å². The topological polar surface area (TPSA) is 40.5 Å². The highest BCUT2D eigenvalue weighted by Crippen LogP contribution is 2.38. The molecule has 0 unspecified atom stereocenters. The third-order valence-electron chi connectivity index (χ3n) is 3.85. The molecule has 18 heavy (non-hydrogen) atoms. The van der Waals surface area contributed by atoms with Gasteiger partial charge in [-0.15, -0.1) is 0 Å². The van der Waals surface area contributed by atoms with Crippen LogP contribution < -0.4 is 0 Å². The molecule has 0 atom stereocenters. The molecular formula is C16H26O2. The van der Waals surface area contributed by atoms with E-state index in [0.29, 0.717) is 0 Å². The molecule has 0 fully saturated rings. The third kappa shape index (κ3) is 2.45. The van der Waals surface area contributed by atoms with E-state index in [1.807, 2.05) is 20.8 Å². The minimum absolute atomic E-state index is 0.896. The van der Waals surface area contributed by atoms with Crippen LogP contribution in [0.15, 0.2) is 0 Å². The van der Waals surface area contributed by atoms with Crippen molar-refractivity contribution >= 4 is 0 Å². The first-order chi connectivity index (χ1) is 7.89. The SMILES string of the molecule is Cc1c(C)c(C(C)(C)O)c(C)c(C(C)(C)O)c1C. The second-order valence-electron chi connectivity index (χ2n) is 6.37. The van der Waals surface area contributed by atoms with Gasteiger partial charge in [-0.2, -0.15) is 0 Å². The molecule has 0 aliphatic carbocycles. The van der Waals surface area contributed by atoms with Gasteiger partial charge in [0.1, 0.15) is 0 Å². The van der Waals surface area contributed by atoms with E-state index in [-0.39, 0.29) is 0 Å². The predicted octanol–water partition coefficient (Wildman–Crippen LogP) is 3.38. The molecule has 0 aliphatic heterocycles. The van der Waals surface area contributed by atoms with Gasteiger partial charge in [-0.25, -0.2) is 0 Å². The van der Waals surface area contributed by atoms with E-state index in [2.05, 4.69) is 6.92 Å². The van der Waals surface area contributed by atoms with E-state index in [1.54, 1.807) is 27.7 Å². The van der Waals surface area contributed by atoms with E-state index in [1.165, 1.54) is 0 Å². The summed E-state index contributed by atoms with van der Waals surface area (Å²) in [7, 11) is 0. The summed E-state index contributed by atoms with van der Waals surface area (Å²) in [6.45, 7) is 15.3. The largest absolute Gasteiger partial charge is 0.386 e. The van der Waals surface area contributed by atoms with Gasteiger partial charge in [-0.1, -0.05) is 0 Å². The van der Waals surface area contributed by atoms with Crippen LogP contribution in [0.2, 0.25) is 0 Å². The van der Waals surface area contributed by atoms with E-state index in [4.69, 9.17) is 0 Å². The standard InChI is InChI=1S/C16H26O2/c1-9-10(2)13(15(5,6)17)12(4)14(11(9)3)16(7,8)18/h17-18H,1-8H3. The van der Waals surface area contributed by atoms with Gasteiger partial charge in [0.25, 0.3) is 0 Å². The highest BCUT2D eigenvalue weighted by molar-refractivity contribution is 5.53. The smallest absolute Gasteiger partial charge is 0.0845 e. The molecule has 0 amide bonds. The summed E-state index contributed by atoms with van der Waals surface area (Å²) in [5.74, 6) is 0. The Hall–Kier alpha value is -0.860. The number of aliphatic hydroxyl groups is 2. The van der Waals surface area contributed by atoms with Crippen molar-refractivity contribution in [3.8, 4) is 0 Å². The van der Waals surface area contributed by atoms with Crippen molar-refractivity contribution in [2.45, 2.75) is 66.6 Å². The zero-order valence-corrected chi connectivity index (χ0v) is 12.9. The molecule has 1 aromatic rings. The molecule has 2 N–H and O–H groups in total. The summed E-state index contributed by atoms with van der Waals surface area (Å²) in [6, 6.07) is 0. The van der Waals surface area contributed by atoms with Gasteiger partial charge in [0.2, 0.25) is 0 Å². The Bertz CT molecular complexity index is 430. The van der Waals surface area contributed by atoms with Gasteiger partial charge < -0.3 is 10.2 Å². The first kappa shape index (κ1) is 15.2. The summed E-state index contributed by atoms with van der Waals surface area (Å²) >= 11 is 0. The van der Waals surface area contributed by atoms with Crippen LogP contribution in [0.3, 0.4) is 0 Å². The molecule has 0 aromatic heterocycles. The van der Waals surface area contributed by atoms with Crippen molar-refractivity contribution in [1.82, 2.24) is 0 Å². The highest BCUT2D eigenvalue weighted by atomic mass is 16.3. The fourth-order valence-corrected chi connectivity index (χ4v) is 3.18. The summed E-state index contributed by atoms with van der Waals surface area (Å²) in [5.41, 5.74) is 4.45. The molecule has 0 radical (unpaired) electrons. The molecule has 1 aromatic carbocycles. The Balaban J connectivity index is 3.83. The zero-order chi connectivity index (χ0) is 14.5. The van der Waals surface area contributed by atoms with Crippen LogP contribution in [-0.4, -0.2) is 10.2 Å². The van der Waals surface area contributed by atoms with E-state index in [0.717, 1.165) is 33.4 Å². The second-order valence-corrected chi connectivity index (χ2v) is 6.37. The maximum atomic E-state index is 10.4. The fourth-order valence-electron chi connectivity index (χ4n) is 3.18. The van der Waals surface area contributed by atoms with Crippen molar-refractivity contribution in [2.75, 3.05) is 0 Å². The van der Waals surface area contributed by atoms with Crippen LogP contribution >= 0.6 is 0 Å². The number of hydrogen-bond acceptors (Lipinski definition) is 2. The predicted molar refractivity (Wildman–Crippen MR) is 75.9 cm³/mol. The van der Waals surface area contributed by atoms with Crippen LogP contribution in [-0.2, 0) is 11.2 Å². The Morgan fingerprint density at radius 1 is 0.556 bits per heavy atom. The number of hydrogen-bond donors (Lipinski definition) is 2. The Labute approximate surface area is 111 Å². The van der Waals surface area contributed by atoms with Crippen molar-refractivity contribution in [2.24, 2.45) is 0 Å². The highest BCUT2D eigenvalue weighted by Gasteiger charge is 2.30. The number of rotatable bonds is 2. The first-order valence-corrected chi connectivity index (χ1v) is 6.45. The summed E-state index contributed by atoms with van der Waals surface area (Å²) < 4.78 is 0. The van der Waals surface area contributed by atoms with Crippen molar-refractivity contribution in [3.63, 3.8) is 0 Å². The van der Waals surface area contributed by atoms with Crippen LogP contribution in [0.4, 0.5) is 0 Å². The van der Waals surface area contributed by atoms with Gasteiger partial charge in [0.05, 0.1) is 11.2 Å². The molecule has 102 valence electrons. The molecule has 2 nitrogen and oxygen atoms in total. The van der Waals surface area contributed by atoms with Crippen LogP contribution in [0.5, 0.6) is 0 Å². The van der Waals surface area contributed by atoms with Gasteiger partial charge in [-0.3, -0.25) is 0 Å². The minimum atomic E-state index is -0.896. The normalized spacial score (nSPS) is 13.0. The average molecular weight is 250 g/mol. The molecule has 0 spiro atoms. The quantitative estimate of drug-likeness (QED) is 0.845. The van der Waals surface area contributed by atoms with E-state index < -0.39 is 11.2 Å². The Morgan fingerprint density at radius 3 is 1.06 bits per heavy atom. The maximum absolute atomic E-state index is 10.4. The summed E-state index contributed by atoms with van der Waals surface area (Å²) in [4.78, 5) is 0. The lowest BCUT2D eigenvalue weighted by atomic mass is 9.78. The van der Waals surface area contributed by atoms with Gasteiger partial charge in [0, 0.05) is 0 Å². The fraction of sp³-hybridized carbons (Fsp3) is 0.625. The Morgan fingerprint density at radius 2 is 0.833 bits per heavy atom. The van der Waals surface area contributed by atoms with E-state index in [9.17, 15) is 10.2 Å². The van der Waals surface area contributed by atoms with Crippen LogP contribution in [0.1, 0.15) is 61.1 Å². The first-order valence-electron chi connectivity index (χ1n) is 6.45. The molecular weight excluding hydrogens is 224 g/mol. The zero-order valence-electron chi connectivity index (χ0n) is 12.9. The summed E-state index contributed by atoms with van der Waals surface area (Å²) in [5, 5.41) is 20.7. The average Bonchev–Trinajstić information content (AvgIpc) is 2.09. The van der Waals surface area contributed by atoms with Crippen LogP contribution in [0.25, 0.3) is 0 Å². The van der Waals surface area contributed by atoms with Gasteiger partial charge in [-0.05, 0) is 88.8 Å². The molecule has 1 rings (SSSR count). The second kappa shape index (κ2) is 4.36. The molecule has 0 bridgehead atoms. The summed E-state index contributed by atoms with van der Waals surface area (Å²) in [6.07, 6.45) is 0. The third-order valence-corrected chi connectivity index (χ3v) is 3.85. The lowest BCUT2D eigenvalue weighted by molar-refractivity contribution is 0.0695. The lowest BCUT2D eigenvalue weighted by Gasteiger charge is -2.32. The van der Waals surface area contributed by atoms with Crippen LogP contribution in [0, 0.1) is 27.7 Å². The minimum Gasteiger partial charge on any atom is -0.386 e. The molecule has 0 saturated heterocycles. The molecule has 0 heterocycles. The van der Waals surface area contributed by atoms with Crippen molar-refractivity contribution in [1.29, 1.82) is 0 Å².